The summed E-state index contributed by atoms with van der Waals surface area (Å²) in [5.74, 6) is 0.158. The van der Waals surface area contributed by atoms with Gasteiger partial charge in [0.1, 0.15) is 11.6 Å². The van der Waals surface area contributed by atoms with Crippen LogP contribution in [0.25, 0.3) is 0 Å². The maximum Gasteiger partial charge on any atom is 0.264 e. The van der Waals surface area contributed by atoms with Crippen LogP contribution in [0.5, 0.6) is 5.75 Å². The minimum atomic E-state index is -3.83. The van der Waals surface area contributed by atoms with Crippen LogP contribution in [0, 0.1) is 5.82 Å². The Morgan fingerprint density at radius 3 is 2.15 bits per heavy atom. The number of halogens is 1. The van der Waals surface area contributed by atoms with Crippen LogP contribution in [-0.4, -0.2) is 15.5 Å². The molecule has 26 heavy (non-hydrogen) atoms. The molecule has 0 N–H and O–H groups in total. The summed E-state index contributed by atoms with van der Waals surface area (Å²) in [7, 11) is -2.30. The molecule has 0 spiro atoms. The van der Waals surface area contributed by atoms with Gasteiger partial charge in [-0.05, 0) is 42.5 Å². The fraction of sp³-hybridized carbons (Fsp3) is 0.100. The fourth-order valence-electron chi connectivity index (χ4n) is 2.63. The maximum absolute atomic E-state index is 13.3. The number of hydrogen-bond donors (Lipinski definition) is 0. The molecule has 3 aromatic carbocycles. The molecule has 3 aromatic rings. The van der Waals surface area contributed by atoms with E-state index >= 15 is 0 Å². The topological polar surface area (TPSA) is 46.6 Å². The van der Waals surface area contributed by atoms with Crippen molar-refractivity contribution in [3.63, 3.8) is 0 Å². The predicted octanol–water partition coefficient (Wildman–Crippen LogP) is 4.23. The lowest BCUT2D eigenvalue weighted by molar-refractivity contribution is 0.410. The molecule has 3 rings (SSSR count). The molecule has 6 heteroatoms. The molecule has 0 aromatic heterocycles. The summed E-state index contributed by atoms with van der Waals surface area (Å²) in [6.45, 7) is 0.0624. The van der Waals surface area contributed by atoms with E-state index in [0.29, 0.717) is 17.0 Å². The number of para-hydroxylation sites is 1. The van der Waals surface area contributed by atoms with E-state index in [9.17, 15) is 12.8 Å². The molecule has 0 heterocycles. The second kappa shape index (κ2) is 7.58. The van der Waals surface area contributed by atoms with Crippen molar-refractivity contribution in [1.29, 1.82) is 0 Å². The quantitative estimate of drug-likeness (QED) is 0.651. The average Bonchev–Trinajstić information content (AvgIpc) is 2.68. The minimum Gasteiger partial charge on any atom is -0.496 e. The second-order valence-electron chi connectivity index (χ2n) is 5.61. The van der Waals surface area contributed by atoms with Gasteiger partial charge in [0.25, 0.3) is 10.0 Å². The molecular formula is C20H18FNO3S. The molecule has 0 saturated heterocycles. The van der Waals surface area contributed by atoms with Crippen molar-refractivity contribution >= 4 is 15.7 Å². The number of anilines is 1. The van der Waals surface area contributed by atoms with E-state index in [0.717, 1.165) is 0 Å². The van der Waals surface area contributed by atoms with Crippen molar-refractivity contribution in [1.82, 2.24) is 0 Å². The lowest BCUT2D eigenvalue weighted by Gasteiger charge is -2.25. The average molecular weight is 371 g/mol. The largest absolute Gasteiger partial charge is 0.496 e. The smallest absolute Gasteiger partial charge is 0.264 e. The van der Waals surface area contributed by atoms with E-state index in [1.165, 1.54) is 47.8 Å². The Morgan fingerprint density at radius 1 is 0.885 bits per heavy atom. The third-order valence-electron chi connectivity index (χ3n) is 3.95. The van der Waals surface area contributed by atoms with E-state index < -0.39 is 15.8 Å². The molecule has 0 saturated carbocycles. The Bertz CT molecular complexity index is 973. The van der Waals surface area contributed by atoms with E-state index in [1.807, 2.05) is 12.1 Å². The first-order valence-corrected chi connectivity index (χ1v) is 9.41. The highest BCUT2D eigenvalue weighted by molar-refractivity contribution is 7.92. The highest BCUT2D eigenvalue weighted by Gasteiger charge is 2.26. The van der Waals surface area contributed by atoms with Gasteiger partial charge in [0.05, 0.1) is 24.2 Å². The third-order valence-corrected chi connectivity index (χ3v) is 5.74. The highest BCUT2D eigenvalue weighted by Crippen LogP contribution is 2.28. The first kappa shape index (κ1) is 17.9. The number of benzene rings is 3. The van der Waals surface area contributed by atoms with Gasteiger partial charge in [-0.15, -0.1) is 0 Å². The summed E-state index contributed by atoms with van der Waals surface area (Å²) in [5.41, 5.74) is 1.08. The molecule has 0 amide bonds. The van der Waals surface area contributed by atoms with Crippen LogP contribution in [0.4, 0.5) is 10.1 Å². The second-order valence-corrected chi connectivity index (χ2v) is 7.48. The molecule has 4 nitrogen and oxygen atoms in total. The van der Waals surface area contributed by atoms with Gasteiger partial charge in [-0.25, -0.2) is 12.8 Å². The number of nitrogens with zero attached hydrogens (tertiary/aromatic N) is 1. The Balaban J connectivity index is 2.09. The fourth-order valence-corrected chi connectivity index (χ4v) is 4.09. The van der Waals surface area contributed by atoms with Gasteiger partial charge < -0.3 is 4.74 Å². The lowest BCUT2D eigenvalue weighted by Crippen LogP contribution is -2.30. The third kappa shape index (κ3) is 3.70. The number of hydrogen-bond acceptors (Lipinski definition) is 3. The Kier molecular flexibility index (Phi) is 5.23. The van der Waals surface area contributed by atoms with Crippen LogP contribution >= 0.6 is 0 Å². The van der Waals surface area contributed by atoms with Crippen molar-refractivity contribution in [3.05, 3.63) is 90.2 Å². The normalized spacial score (nSPS) is 11.2. The van der Waals surface area contributed by atoms with Crippen LogP contribution in [0.2, 0.25) is 0 Å². The Hall–Kier alpha value is -2.86. The first-order valence-electron chi connectivity index (χ1n) is 7.97. The summed E-state index contributed by atoms with van der Waals surface area (Å²) in [5, 5.41) is 0. The van der Waals surface area contributed by atoms with Crippen molar-refractivity contribution in [3.8, 4) is 5.75 Å². The lowest BCUT2D eigenvalue weighted by atomic mass is 10.2. The monoisotopic (exact) mass is 371 g/mol. The summed E-state index contributed by atoms with van der Waals surface area (Å²) >= 11 is 0. The number of methoxy groups -OCH3 is 1. The van der Waals surface area contributed by atoms with Crippen LogP contribution in [-0.2, 0) is 16.6 Å². The van der Waals surface area contributed by atoms with Gasteiger partial charge in [0, 0.05) is 5.56 Å². The zero-order chi connectivity index (χ0) is 18.6. The number of sulfonamides is 1. The van der Waals surface area contributed by atoms with E-state index in [-0.39, 0.29) is 11.4 Å². The molecule has 0 fully saturated rings. The van der Waals surface area contributed by atoms with Gasteiger partial charge in [-0.1, -0.05) is 36.4 Å². The SMILES string of the molecule is COc1ccccc1CN(c1ccc(F)cc1)S(=O)(=O)c1ccccc1. The van der Waals surface area contributed by atoms with Gasteiger partial charge >= 0.3 is 0 Å². The van der Waals surface area contributed by atoms with Crippen molar-refractivity contribution in [2.75, 3.05) is 11.4 Å². The standard InChI is InChI=1S/C20H18FNO3S/c1-25-20-10-6-5-7-16(20)15-22(18-13-11-17(21)12-14-18)26(23,24)19-8-3-2-4-9-19/h2-14H,15H2,1H3. The molecule has 0 aliphatic heterocycles. The highest BCUT2D eigenvalue weighted by atomic mass is 32.2. The van der Waals surface area contributed by atoms with Gasteiger partial charge in [0.2, 0.25) is 0 Å². The Labute approximate surface area is 152 Å². The summed E-state index contributed by atoms with van der Waals surface area (Å²) < 4.78 is 46.3. The molecule has 0 aliphatic carbocycles. The maximum atomic E-state index is 13.3. The molecular weight excluding hydrogens is 353 g/mol. The van der Waals surface area contributed by atoms with E-state index in [1.54, 1.807) is 30.3 Å². The molecule has 0 unspecified atom stereocenters. The summed E-state index contributed by atoms with van der Waals surface area (Å²) in [6, 6.07) is 20.7. The molecule has 0 bridgehead atoms. The van der Waals surface area contributed by atoms with E-state index in [4.69, 9.17) is 4.74 Å². The molecule has 0 aliphatic rings. The zero-order valence-corrected chi connectivity index (χ0v) is 15.0. The van der Waals surface area contributed by atoms with Gasteiger partial charge in [0.15, 0.2) is 0 Å². The molecule has 0 atom stereocenters. The van der Waals surface area contributed by atoms with Crippen LogP contribution in [0.3, 0.4) is 0 Å². The Morgan fingerprint density at radius 2 is 1.50 bits per heavy atom. The van der Waals surface area contributed by atoms with E-state index in [2.05, 4.69) is 0 Å². The number of rotatable bonds is 6. The van der Waals surface area contributed by atoms with Crippen LogP contribution < -0.4 is 9.04 Å². The van der Waals surface area contributed by atoms with Crippen molar-refractivity contribution < 1.29 is 17.5 Å². The first-order chi connectivity index (χ1) is 12.5. The van der Waals surface area contributed by atoms with Crippen LogP contribution in [0.15, 0.2) is 83.8 Å². The predicted molar refractivity (Wildman–Crippen MR) is 99.2 cm³/mol. The summed E-state index contributed by atoms with van der Waals surface area (Å²) in [4.78, 5) is 0.166. The van der Waals surface area contributed by atoms with Crippen LogP contribution in [0.1, 0.15) is 5.56 Å². The zero-order valence-electron chi connectivity index (χ0n) is 14.2. The van der Waals surface area contributed by atoms with Gasteiger partial charge in [-0.2, -0.15) is 0 Å². The molecule has 0 radical (unpaired) electrons. The van der Waals surface area contributed by atoms with Gasteiger partial charge in [-0.3, -0.25) is 4.31 Å². The molecule has 134 valence electrons. The number of ether oxygens (including phenoxy) is 1. The van der Waals surface area contributed by atoms with Crippen molar-refractivity contribution in [2.45, 2.75) is 11.4 Å². The summed E-state index contributed by atoms with van der Waals surface area (Å²) in [6.07, 6.45) is 0. The van der Waals surface area contributed by atoms with Crippen molar-refractivity contribution in [2.24, 2.45) is 0 Å². The minimum absolute atomic E-state index is 0.0624.